The lowest BCUT2D eigenvalue weighted by Crippen LogP contribution is -2.23. The number of benzene rings is 1. The molecule has 0 unspecified atom stereocenters. The van der Waals surface area contributed by atoms with E-state index in [9.17, 15) is 9.59 Å². The van der Waals surface area contributed by atoms with Crippen LogP contribution in [0.2, 0.25) is 0 Å². The average Bonchev–Trinajstić information content (AvgIpc) is 3.08. The summed E-state index contributed by atoms with van der Waals surface area (Å²) in [6.07, 6.45) is 3.23. The fourth-order valence-corrected chi connectivity index (χ4v) is 4.77. The van der Waals surface area contributed by atoms with Crippen LogP contribution in [-0.4, -0.2) is 18.9 Å². The van der Waals surface area contributed by atoms with Gasteiger partial charge in [-0.15, -0.1) is 11.3 Å². The van der Waals surface area contributed by atoms with Crippen molar-refractivity contribution in [3.63, 3.8) is 0 Å². The molecule has 4 heterocycles. The van der Waals surface area contributed by atoms with Crippen molar-refractivity contribution in [2.45, 2.75) is 20.4 Å². The van der Waals surface area contributed by atoms with Crippen LogP contribution < -0.4 is 11.1 Å². The number of thiophene rings is 1. The largest absolute Gasteiger partial charge is 0.293 e. The molecule has 0 fully saturated rings. The molecule has 0 bridgehead atoms. The van der Waals surface area contributed by atoms with E-state index in [0.29, 0.717) is 16.7 Å². The first kappa shape index (κ1) is 18.4. The number of pyridine rings is 1. The van der Waals surface area contributed by atoms with Crippen molar-refractivity contribution in [2.24, 2.45) is 0 Å². The lowest BCUT2D eigenvalue weighted by atomic mass is 10.0. The quantitative estimate of drug-likeness (QED) is 0.450. The number of aromatic nitrogens is 4. The normalized spacial score (nSPS) is 11.4. The zero-order chi connectivity index (χ0) is 20.8. The number of nitrogens with zero attached hydrogens (tertiary/aromatic N) is 4. The minimum atomic E-state index is -0.169. The standard InChI is InChI=1S/C23H18N4O2S/c1-14-7-6-10-27-18(28)11-17(25-21(14)27)12-26-13-24-22-20(23(26)29)19(15(2)30-22)16-8-4-3-5-9-16/h3-11,13H,12H2,1-2H3. The summed E-state index contributed by atoms with van der Waals surface area (Å²) in [4.78, 5) is 36.8. The highest BCUT2D eigenvalue weighted by atomic mass is 32.1. The van der Waals surface area contributed by atoms with E-state index in [1.165, 1.54) is 32.7 Å². The minimum Gasteiger partial charge on any atom is -0.293 e. The molecule has 0 amide bonds. The monoisotopic (exact) mass is 414 g/mol. The molecular formula is C23H18N4O2S. The highest BCUT2D eigenvalue weighted by Gasteiger charge is 2.17. The zero-order valence-electron chi connectivity index (χ0n) is 16.5. The second-order valence-electron chi connectivity index (χ2n) is 7.23. The summed E-state index contributed by atoms with van der Waals surface area (Å²) in [5.41, 5.74) is 3.65. The summed E-state index contributed by atoms with van der Waals surface area (Å²) in [6.45, 7) is 4.10. The smallest absolute Gasteiger partial charge is 0.263 e. The second-order valence-corrected chi connectivity index (χ2v) is 8.43. The Morgan fingerprint density at radius 2 is 1.83 bits per heavy atom. The number of hydrogen-bond donors (Lipinski definition) is 0. The summed E-state index contributed by atoms with van der Waals surface area (Å²) in [7, 11) is 0. The van der Waals surface area contributed by atoms with Gasteiger partial charge in [0.25, 0.3) is 11.1 Å². The molecule has 1 aromatic carbocycles. The van der Waals surface area contributed by atoms with Crippen molar-refractivity contribution in [2.75, 3.05) is 0 Å². The Hall–Kier alpha value is -3.58. The third-order valence-corrected chi connectivity index (χ3v) is 6.20. The molecule has 0 aliphatic carbocycles. The fourth-order valence-electron chi connectivity index (χ4n) is 3.77. The first-order valence-electron chi connectivity index (χ1n) is 9.55. The molecule has 4 aromatic heterocycles. The van der Waals surface area contributed by atoms with Crippen molar-refractivity contribution in [3.05, 3.63) is 97.9 Å². The van der Waals surface area contributed by atoms with E-state index in [4.69, 9.17) is 0 Å². The van der Waals surface area contributed by atoms with Crippen molar-refractivity contribution in [1.29, 1.82) is 0 Å². The van der Waals surface area contributed by atoms with E-state index in [2.05, 4.69) is 9.97 Å². The molecule has 0 saturated heterocycles. The summed E-state index contributed by atoms with van der Waals surface area (Å²) in [6, 6.07) is 15.1. The van der Waals surface area contributed by atoms with Gasteiger partial charge in [-0.1, -0.05) is 36.4 Å². The van der Waals surface area contributed by atoms with Gasteiger partial charge in [0, 0.05) is 22.7 Å². The lowest BCUT2D eigenvalue weighted by molar-refractivity contribution is 0.727. The predicted octanol–water partition coefficient (Wildman–Crippen LogP) is 3.80. The average molecular weight is 414 g/mol. The summed E-state index contributed by atoms with van der Waals surface area (Å²) < 4.78 is 3.04. The summed E-state index contributed by atoms with van der Waals surface area (Å²) in [5, 5.41) is 0.611. The Morgan fingerprint density at radius 1 is 1.03 bits per heavy atom. The van der Waals surface area contributed by atoms with E-state index in [1.807, 2.05) is 56.3 Å². The van der Waals surface area contributed by atoms with Crippen LogP contribution in [0.15, 0.2) is 70.6 Å². The molecule has 7 heteroatoms. The number of fused-ring (bicyclic) bond motifs is 2. The first-order chi connectivity index (χ1) is 14.5. The maximum absolute atomic E-state index is 13.4. The fraction of sp³-hybridized carbons (Fsp3) is 0.130. The molecule has 0 aliphatic rings. The van der Waals surface area contributed by atoms with Crippen molar-refractivity contribution in [1.82, 2.24) is 18.9 Å². The first-order valence-corrected chi connectivity index (χ1v) is 10.4. The van der Waals surface area contributed by atoms with Gasteiger partial charge >= 0.3 is 0 Å². The van der Waals surface area contributed by atoms with E-state index in [0.717, 1.165) is 26.4 Å². The Labute approximate surface area is 175 Å². The topological polar surface area (TPSA) is 69.3 Å². The van der Waals surface area contributed by atoms with E-state index in [1.54, 1.807) is 6.20 Å². The van der Waals surface area contributed by atoms with E-state index in [-0.39, 0.29) is 17.7 Å². The van der Waals surface area contributed by atoms with E-state index < -0.39 is 0 Å². The predicted molar refractivity (Wildman–Crippen MR) is 119 cm³/mol. The van der Waals surface area contributed by atoms with Crippen LogP contribution in [0.3, 0.4) is 0 Å². The third-order valence-electron chi connectivity index (χ3n) is 5.19. The third kappa shape index (κ3) is 2.95. The van der Waals surface area contributed by atoms with Gasteiger partial charge in [-0.05, 0) is 31.0 Å². The van der Waals surface area contributed by atoms with Crippen LogP contribution in [0, 0.1) is 13.8 Å². The highest BCUT2D eigenvalue weighted by Crippen LogP contribution is 2.35. The summed E-state index contributed by atoms with van der Waals surface area (Å²) >= 11 is 1.52. The maximum atomic E-state index is 13.4. The Morgan fingerprint density at radius 3 is 2.63 bits per heavy atom. The Kier molecular flexibility index (Phi) is 4.33. The number of hydrogen-bond acceptors (Lipinski definition) is 5. The molecule has 0 atom stereocenters. The molecule has 0 N–H and O–H groups in total. The highest BCUT2D eigenvalue weighted by molar-refractivity contribution is 7.19. The number of rotatable bonds is 3. The van der Waals surface area contributed by atoms with Gasteiger partial charge in [-0.25, -0.2) is 9.97 Å². The van der Waals surface area contributed by atoms with Crippen LogP contribution >= 0.6 is 11.3 Å². The molecule has 148 valence electrons. The molecule has 30 heavy (non-hydrogen) atoms. The molecule has 0 radical (unpaired) electrons. The Balaban J connectivity index is 1.67. The maximum Gasteiger partial charge on any atom is 0.263 e. The van der Waals surface area contributed by atoms with E-state index >= 15 is 0 Å². The van der Waals surface area contributed by atoms with Gasteiger partial charge in [0.2, 0.25) is 0 Å². The van der Waals surface area contributed by atoms with Gasteiger partial charge in [0.15, 0.2) is 0 Å². The van der Waals surface area contributed by atoms with Crippen molar-refractivity contribution >= 4 is 27.2 Å². The molecule has 5 rings (SSSR count). The molecule has 5 aromatic rings. The van der Waals surface area contributed by atoms with Gasteiger partial charge < -0.3 is 0 Å². The zero-order valence-corrected chi connectivity index (χ0v) is 17.3. The van der Waals surface area contributed by atoms with Crippen LogP contribution in [-0.2, 0) is 6.54 Å². The number of aryl methyl sites for hydroxylation is 2. The van der Waals surface area contributed by atoms with Crippen LogP contribution in [0.5, 0.6) is 0 Å². The molecule has 0 aliphatic heterocycles. The molecular weight excluding hydrogens is 396 g/mol. The molecule has 0 saturated carbocycles. The summed E-state index contributed by atoms with van der Waals surface area (Å²) in [5.74, 6) is 0. The Bertz CT molecular complexity index is 1530. The van der Waals surface area contributed by atoms with Crippen LogP contribution in [0.4, 0.5) is 0 Å². The SMILES string of the molecule is Cc1sc2ncn(Cc3cc(=O)n4cccc(C)c4n3)c(=O)c2c1-c1ccccc1. The van der Waals surface area contributed by atoms with Crippen LogP contribution in [0.1, 0.15) is 16.1 Å². The van der Waals surface area contributed by atoms with Gasteiger partial charge in [0.1, 0.15) is 10.5 Å². The lowest BCUT2D eigenvalue weighted by Gasteiger charge is -2.08. The van der Waals surface area contributed by atoms with Gasteiger partial charge in [-0.3, -0.25) is 18.6 Å². The molecule has 0 spiro atoms. The minimum absolute atomic E-state index is 0.130. The van der Waals surface area contributed by atoms with Crippen LogP contribution in [0.25, 0.3) is 27.0 Å². The van der Waals surface area contributed by atoms with Crippen molar-refractivity contribution < 1.29 is 0 Å². The van der Waals surface area contributed by atoms with Gasteiger partial charge in [0.05, 0.1) is 24.0 Å². The van der Waals surface area contributed by atoms with Gasteiger partial charge in [-0.2, -0.15) is 0 Å². The second kappa shape index (κ2) is 7.03. The van der Waals surface area contributed by atoms with Crippen molar-refractivity contribution in [3.8, 4) is 11.1 Å². The molecule has 6 nitrogen and oxygen atoms in total.